The number of hydrogen-bond donors (Lipinski definition) is 0. The lowest BCUT2D eigenvalue weighted by molar-refractivity contribution is 0.474. The van der Waals surface area contributed by atoms with Gasteiger partial charge in [-0.25, -0.2) is 4.98 Å². The molecule has 0 aliphatic rings. The summed E-state index contributed by atoms with van der Waals surface area (Å²) < 4.78 is 5.70. The highest BCUT2D eigenvalue weighted by Crippen LogP contribution is 2.26. The van der Waals surface area contributed by atoms with Gasteiger partial charge in [-0.05, 0) is 37.6 Å². The first-order valence-electron chi connectivity index (χ1n) is 5.31. The third kappa shape index (κ3) is 2.43. The molecule has 0 aliphatic carbocycles. The normalized spacial score (nSPS) is 9.71. The van der Waals surface area contributed by atoms with Crippen LogP contribution < -0.4 is 4.74 Å². The van der Waals surface area contributed by atoms with Gasteiger partial charge in [-0.2, -0.15) is 5.26 Å². The van der Waals surface area contributed by atoms with E-state index in [1.807, 2.05) is 38.1 Å². The minimum atomic E-state index is 0.299. The van der Waals surface area contributed by atoms with Crippen LogP contribution in [0.2, 0.25) is 0 Å². The van der Waals surface area contributed by atoms with Crippen LogP contribution in [0.15, 0.2) is 36.5 Å². The Hall–Kier alpha value is -2.34. The number of benzene rings is 1. The third-order valence-corrected chi connectivity index (χ3v) is 2.43. The average Bonchev–Trinajstić information content (AvgIpc) is 2.33. The number of nitriles is 1. The molecular weight excluding hydrogens is 212 g/mol. The second kappa shape index (κ2) is 4.67. The maximum atomic E-state index is 8.92. The summed E-state index contributed by atoms with van der Waals surface area (Å²) in [5.41, 5.74) is 2.52. The molecule has 0 unspecified atom stereocenters. The smallest absolute Gasteiger partial charge is 0.183 e. The summed E-state index contributed by atoms with van der Waals surface area (Å²) in [6, 6.07) is 11.4. The number of pyridine rings is 1. The molecule has 0 radical (unpaired) electrons. The fourth-order valence-electron chi connectivity index (χ4n) is 1.59. The number of hydrogen-bond acceptors (Lipinski definition) is 3. The SMILES string of the molecule is Cc1ccc(Oc2cccnc2C#N)c(C)c1. The van der Waals surface area contributed by atoms with Crippen molar-refractivity contribution >= 4 is 0 Å². The molecule has 84 valence electrons. The molecule has 0 atom stereocenters. The van der Waals surface area contributed by atoms with Gasteiger partial charge in [-0.3, -0.25) is 0 Å². The zero-order chi connectivity index (χ0) is 12.3. The van der Waals surface area contributed by atoms with Crippen molar-refractivity contribution in [2.75, 3.05) is 0 Å². The second-order valence-corrected chi connectivity index (χ2v) is 3.83. The molecule has 2 aromatic rings. The Labute approximate surface area is 100 Å². The third-order valence-electron chi connectivity index (χ3n) is 2.43. The lowest BCUT2D eigenvalue weighted by Gasteiger charge is -2.09. The van der Waals surface area contributed by atoms with E-state index in [4.69, 9.17) is 10.00 Å². The average molecular weight is 224 g/mol. The van der Waals surface area contributed by atoms with Crippen LogP contribution in [0.4, 0.5) is 0 Å². The molecule has 1 aromatic heterocycles. The second-order valence-electron chi connectivity index (χ2n) is 3.83. The van der Waals surface area contributed by atoms with Gasteiger partial charge < -0.3 is 4.74 Å². The molecule has 1 aromatic carbocycles. The quantitative estimate of drug-likeness (QED) is 0.785. The van der Waals surface area contributed by atoms with Crippen molar-refractivity contribution < 1.29 is 4.74 Å². The molecule has 3 heteroatoms. The molecular formula is C14H12N2O. The maximum Gasteiger partial charge on any atom is 0.183 e. The zero-order valence-electron chi connectivity index (χ0n) is 9.77. The van der Waals surface area contributed by atoms with Gasteiger partial charge in [-0.1, -0.05) is 17.7 Å². The predicted octanol–water partition coefficient (Wildman–Crippen LogP) is 3.36. The monoisotopic (exact) mass is 224 g/mol. The number of aryl methyl sites for hydroxylation is 2. The van der Waals surface area contributed by atoms with Crippen LogP contribution >= 0.6 is 0 Å². The minimum absolute atomic E-state index is 0.299. The molecule has 0 amide bonds. The first-order chi connectivity index (χ1) is 8.20. The van der Waals surface area contributed by atoms with Crippen LogP contribution in [0, 0.1) is 25.2 Å². The van der Waals surface area contributed by atoms with E-state index in [9.17, 15) is 0 Å². The number of rotatable bonds is 2. The van der Waals surface area contributed by atoms with Gasteiger partial charge in [0.1, 0.15) is 11.8 Å². The lowest BCUT2D eigenvalue weighted by Crippen LogP contribution is -1.92. The minimum Gasteiger partial charge on any atom is -0.454 e. The highest BCUT2D eigenvalue weighted by atomic mass is 16.5. The molecule has 1 heterocycles. The van der Waals surface area contributed by atoms with Crippen LogP contribution in [0.1, 0.15) is 16.8 Å². The Morgan fingerprint density at radius 3 is 2.71 bits per heavy atom. The van der Waals surface area contributed by atoms with Gasteiger partial charge in [0.05, 0.1) is 0 Å². The van der Waals surface area contributed by atoms with Crippen LogP contribution in [-0.4, -0.2) is 4.98 Å². The molecule has 0 aliphatic heterocycles. The molecule has 0 fully saturated rings. The van der Waals surface area contributed by atoms with Crippen LogP contribution in [0.3, 0.4) is 0 Å². The fraction of sp³-hybridized carbons (Fsp3) is 0.143. The van der Waals surface area contributed by atoms with Gasteiger partial charge in [0.25, 0.3) is 0 Å². The van der Waals surface area contributed by atoms with E-state index in [0.29, 0.717) is 11.4 Å². The van der Waals surface area contributed by atoms with Crippen molar-refractivity contribution in [1.29, 1.82) is 5.26 Å². The van der Waals surface area contributed by atoms with E-state index in [2.05, 4.69) is 4.98 Å². The maximum absolute atomic E-state index is 8.92. The summed E-state index contributed by atoms with van der Waals surface area (Å²) in [5, 5.41) is 8.92. The molecule has 0 saturated carbocycles. The molecule has 3 nitrogen and oxygen atoms in total. The Kier molecular flexibility index (Phi) is 3.06. The van der Waals surface area contributed by atoms with Crippen LogP contribution in [0.5, 0.6) is 11.5 Å². The molecule has 0 bridgehead atoms. The Balaban J connectivity index is 2.35. The number of ether oxygens (including phenoxy) is 1. The van der Waals surface area contributed by atoms with E-state index in [0.717, 1.165) is 11.3 Å². The van der Waals surface area contributed by atoms with Crippen LogP contribution in [-0.2, 0) is 0 Å². The zero-order valence-corrected chi connectivity index (χ0v) is 9.77. The summed E-state index contributed by atoms with van der Waals surface area (Å²) in [5.74, 6) is 1.24. The Morgan fingerprint density at radius 1 is 1.18 bits per heavy atom. The predicted molar refractivity (Wildman–Crippen MR) is 64.9 cm³/mol. The summed E-state index contributed by atoms with van der Waals surface area (Å²) >= 11 is 0. The fourth-order valence-corrected chi connectivity index (χ4v) is 1.59. The summed E-state index contributed by atoms with van der Waals surface area (Å²) in [7, 11) is 0. The van der Waals surface area contributed by atoms with Crippen molar-refractivity contribution in [3.05, 3.63) is 53.3 Å². The summed E-state index contributed by atoms with van der Waals surface area (Å²) in [6.45, 7) is 4.01. The van der Waals surface area contributed by atoms with Crippen molar-refractivity contribution in [1.82, 2.24) is 4.98 Å². The topological polar surface area (TPSA) is 45.9 Å². The van der Waals surface area contributed by atoms with Gasteiger partial charge in [-0.15, -0.1) is 0 Å². The van der Waals surface area contributed by atoms with Crippen molar-refractivity contribution in [2.45, 2.75) is 13.8 Å². The van der Waals surface area contributed by atoms with Gasteiger partial charge in [0.15, 0.2) is 11.4 Å². The highest BCUT2D eigenvalue weighted by Gasteiger charge is 2.06. The van der Waals surface area contributed by atoms with E-state index in [1.165, 1.54) is 5.56 Å². The van der Waals surface area contributed by atoms with E-state index in [1.54, 1.807) is 18.3 Å². The van der Waals surface area contributed by atoms with Crippen molar-refractivity contribution in [3.8, 4) is 17.6 Å². The van der Waals surface area contributed by atoms with Gasteiger partial charge >= 0.3 is 0 Å². The molecule has 0 N–H and O–H groups in total. The molecule has 0 spiro atoms. The highest BCUT2D eigenvalue weighted by molar-refractivity contribution is 5.43. The molecule has 2 rings (SSSR count). The standard InChI is InChI=1S/C14H12N2O/c1-10-5-6-13(11(2)8-10)17-14-4-3-7-16-12(14)9-15/h3-8H,1-2H3. The first-order valence-corrected chi connectivity index (χ1v) is 5.31. The number of nitrogens with zero attached hydrogens (tertiary/aromatic N) is 2. The van der Waals surface area contributed by atoms with Crippen molar-refractivity contribution in [3.63, 3.8) is 0 Å². The Morgan fingerprint density at radius 2 is 2.00 bits per heavy atom. The lowest BCUT2D eigenvalue weighted by atomic mass is 10.1. The first kappa shape index (κ1) is 11.2. The van der Waals surface area contributed by atoms with Gasteiger partial charge in [0.2, 0.25) is 0 Å². The van der Waals surface area contributed by atoms with E-state index < -0.39 is 0 Å². The molecule has 17 heavy (non-hydrogen) atoms. The Bertz CT molecular complexity index is 585. The summed E-state index contributed by atoms with van der Waals surface area (Å²) in [6.07, 6.45) is 1.58. The molecule has 0 saturated heterocycles. The number of aromatic nitrogens is 1. The van der Waals surface area contributed by atoms with E-state index >= 15 is 0 Å². The van der Waals surface area contributed by atoms with Crippen molar-refractivity contribution in [2.24, 2.45) is 0 Å². The largest absolute Gasteiger partial charge is 0.454 e. The summed E-state index contributed by atoms with van der Waals surface area (Å²) in [4.78, 5) is 3.95. The van der Waals surface area contributed by atoms with Crippen LogP contribution in [0.25, 0.3) is 0 Å². The van der Waals surface area contributed by atoms with E-state index in [-0.39, 0.29) is 0 Å². The van der Waals surface area contributed by atoms with Gasteiger partial charge in [0, 0.05) is 6.20 Å².